The van der Waals surface area contributed by atoms with Gasteiger partial charge in [0.25, 0.3) is 11.8 Å². The lowest BCUT2D eigenvalue weighted by atomic mass is 10.1. The average Bonchev–Trinajstić information content (AvgIpc) is 2.75. The number of hydrogen-bond acceptors (Lipinski definition) is 5. The Labute approximate surface area is 168 Å². The Morgan fingerprint density at radius 1 is 0.828 bits per heavy atom. The minimum atomic E-state index is -0.411. The van der Waals surface area contributed by atoms with Crippen LogP contribution in [0.3, 0.4) is 0 Å². The summed E-state index contributed by atoms with van der Waals surface area (Å²) < 4.78 is 10.4. The number of aromatic nitrogens is 1. The lowest BCUT2D eigenvalue weighted by Gasteiger charge is -2.12. The Bertz CT molecular complexity index is 1050. The molecular weight excluding hydrogens is 370 g/mol. The van der Waals surface area contributed by atoms with E-state index in [-0.39, 0.29) is 17.0 Å². The third kappa shape index (κ3) is 4.70. The molecule has 1 heterocycles. The van der Waals surface area contributed by atoms with E-state index in [1.165, 1.54) is 25.6 Å². The first-order chi connectivity index (χ1) is 14.0. The van der Waals surface area contributed by atoms with Gasteiger partial charge in [-0.2, -0.15) is 0 Å². The van der Waals surface area contributed by atoms with Crippen molar-refractivity contribution in [2.24, 2.45) is 0 Å². The van der Waals surface area contributed by atoms with E-state index in [4.69, 9.17) is 9.47 Å². The molecule has 0 saturated heterocycles. The highest BCUT2D eigenvalue weighted by Crippen LogP contribution is 2.29. The number of carbonyl (C=O) groups excluding carboxylic acids is 2. The summed E-state index contributed by atoms with van der Waals surface area (Å²) in [6, 6.07) is 14.0. The van der Waals surface area contributed by atoms with Crippen LogP contribution in [0.4, 0.5) is 11.4 Å². The maximum atomic E-state index is 12.7. The second-order valence-electron chi connectivity index (χ2n) is 6.25. The molecular formula is C22H21N3O4. The average molecular weight is 391 g/mol. The number of carbonyl (C=O) groups is 2. The summed E-state index contributed by atoms with van der Waals surface area (Å²) in [5.74, 6) is 0.311. The van der Waals surface area contributed by atoms with E-state index < -0.39 is 5.91 Å². The number of amides is 2. The summed E-state index contributed by atoms with van der Waals surface area (Å²) in [7, 11) is 3.05. The molecule has 7 heteroatoms. The zero-order chi connectivity index (χ0) is 20.8. The third-order valence-electron chi connectivity index (χ3n) is 4.31. The number of para-hydroxylation sites is 1. The highest BCUT2D eigenvalue weighted by atomic mass is 16.5. The largest absolute Gasteiger partial charge is 0.497 e. The van der Waals surface area contributed by atoms with Gasteiger partial charge in [0.2, 0.25) is 0 Å². The first kappa shape index (κ1) is 19.9. The number of nitrogens with one attached hydrogen (secondary N) is 2. The molecule has 7 nitrogen and oxygen atoms in total. The molecule has 0 aliphatic heterocycles. The topological polar surface area (TPSA) is 89.5 Å². The van der Waals surface area contributed by atoms with E-state index in [0.717, 1.165) is 5.56 Å². The highest BCUT2D eigenvalue weighted by molar-refractivity contribution is 6.08. The van der Waals surface area contributed by atoms with Gasteiger partial charge in [0.1, 0.15) is 11.5 Å². The SMILES string of the molecule is COc1ccc(NC(=O)c2cncc(C(=O)Nc3ccccc3C)c2)c(OC)c1. The van der Waals surface area contributed by atoms with Crippen LogP contribution in [0.25, 0.3) is 0 Å². The minimum absolute atomic E-state index is 0.250. The Morgan fingerprint density at radius 3 is 2.10 bits per heavy atom. The fourth-order valence-corrected chi connectivity index (χ4v) is 2.69. The van der Waals surface area contributed by atoms with Crippen molar-refractivity contribution in [3.05, 3.63) is 77.6 Å². The molecule has 0 aliphatic carbocycles. The molecule has 0 unspecified atom stereocenters. The summed E-state index contributed by atoms with van der Waals surface area (Å²) in [5.41, 5.74) is 2.65. The zero-order valence-corrected chi connectivity index (χ0v) is 16.4. The van der Waals surface area contributed by atoms with Gasteiger partial charge in [-0.05, 0) is 36.8 Å². The van der Waals surface area contributed by atoms with Crippen LogP contribution in [-0.2, 0) is 0 Å². The van der Waals surface area contributed by atoms with E-state index in [1.807, 2.05) is 31.2 Å². The first-order valence-electron chi connectivity index (χ1n) is 8.87. The van der Waals surface area contributed by atoms with Crippen LogP contribution in [0.2, 0.25) is 0 Å². The Kier molecular flexibility index (Phi) is 6.09. The number of rotatable bonds is 6. The maximum absolute atomic E-state index is 12.7. The molecule has 0 bridgehead atoms. The van der Waals surface area contributed by atoms with Gasteiger partial charge < -0.3 is 20.1 Å². The van der Waals surface area contributed by atoms with E-state index in [2.05, 4.69) is 15.6 Å². The van der Waals surface area contributed by atoms with Crippen LogP contribution in [0, 0.1) is 6.92 Å². The van der Waals surface area contributed by atoms with Gasteiger partial charge in [-0.15, -0.1) is 0 Å². The molecule has 2 N–H and O–H groups in total. The molecule has 0 atom stereocenters. The van der Waals surface area contributed by atoms with Gasteiger partial charge in [-0.3, -0.25) is 14.6 Å². The smallest absolute Gasteiger partial charge is 0.257 e. The predicted octanol–water partition coefficient (Wildman–Crippen LogP) is 3.91. The van der Waals surface area contributed by atoms with Crippen LogP contribution in [0.15, 0.2) is 60.9 Å². The Hall–Kier alpha value is -3.87. The summed E-state index contributed by atoms with van der Waals surface area (Å²) >= 11 is 0. The number of anilines is 2. The molecule has 0 fully saturated rings. The van der Waals surface area contributed by atoms with Crippen LogP contribution in [0.1, 0.15) is 26.3 Å². The van der Waals surface area contributed by atoms with Gasteiger partial charge in [-0.1, -0.05) is 18.2 Å². The summed E-state index contributed by atoms with van der Waals surface area (Å²) in [4.78, 5) is 29.2. The van der Waals surface area contributed by atoms with E-state index >= 15 is 0 Å². The van der Waals surface area contributed by atoms with Gasteiger partial charge >= 0.3 is 0 Å². The van der Waals surface area contributed by atoms with Gasteiger partial charge in [0.05, 0.1) is 31.0 Å². The standard InChI is InChI=1S/C22H21N3O4/c1-14-6-4-5-7-18(14)24-21(26)15-10-16(13-23-12-15)22(27)25-19-9-8-17(28-2)11-20(19)29-3/h4-13H,1-3H3,(H,24,26)(H,25,27). The van der Waals surface area contributed by atoms with Crippen molar-refractivity contribution in [2.75, 3.05) is 24.9 Å². The molecule has 0 radical (unpaired) electrons. The molecule has 2 aromatic carbocycles. The van der Waals surface area contributed by atoms with E-state index in [0.29, 0.717) is 22.9 Å². The Morgan fingerprint density at radius 2 is 1.48 bits per heavy atom. The predicted molar refractivity (Wildman–Crippen MR) is 111 cm³/mol. The second kappa shape index (κ2) is 8.88. The van der Waals surface area contributed by atoms with E-state index in [9.17, 15) is 9.59 Å². The lowest BCUT2D eigenvalue weighted by Crippen LogP contribution is -2.17. The molecule has 1 aromatic heterocycles. The monoisotopic (exact) mass is 391 g/mol. The number of pyridine rings is 1. The molecule has 3 rings (SSSR count). The van der Waals surface area contributed by atoms with Crippen LogP contribution < -0.4 is 20.1 Å². The van der Waals surface area contributed by atoms with E-state index in [1.54, 1.807) is 25.3 Å². The quantitative estimate of drug-likeness (QED) is 0.665. The number of ether oxygens (including phenoxy) is 2. The minimum Gasteiger partial charge on any atom is -0.497 e. The lowest BCUT2D eigenvalue weighted by molar-refractivity contribution is 0.102. The molecule has 3 aromatic rings. The molecule has 29 heavy (non-hydrogen) atoms. The van der Waals surface area contributed by atoms with Gasteiger partial charge in [-0.25, -0.2) is 0 Å². The zero-order valence-electron chi connectivity index (χ0n) is 16.4. The number of methoxy groups -OCH3 is 2. The molecule has 0 spiro atoms. The number of benzene rings is 2. The van der Waals surface area contributed by atoms with Crippen molar-refractivity contribution in [2.45, 2.75) is 6.92 Å². The second-order valence-corrected chi connectivity index (χ2v) is 6.25. The molecule has 0 saturated carbocycles. The number of hydrogen-bond donors (Lipinski definition) is 2. The highest BCUT2D eigenvalue weighted by Gasteiger charge is 2.14. The summed E-state index contributed by atoms with van der Waals surface area (Å²) in [6.45, 7) is 1.90. The van der Waals surface area contributed by atoms with Gasteiger partial charge in [0, 0.05) is 24.1 Å². The van der Waals surface area contributed by atoms with Crippen LogP contribution in [0.5, 0.6) is 11.5 Å². The third-order valence-corrected chi connectivity index (χ3v) is 4.31. The van der Waals surface area contributed by atoms with Crippen LogP contribution >= 0.6 is 0 Å². The van der Waals surface area contributed by atoms with Crippen LogP contribution in [-0.4, -0.2) is 31.0 Å². The summed E-state index contributed by atoms with van der Waals surface area (Å²) in [5, 5.41) is 5.59. The molecule has 2 amide bonds. The van der Waals surface area contributed by atoms with Gasteiger partial charge in [0.15, 0.2) is 0 Å². The molecule has 0 aliphatic rings. The first-order valence-corrected chi connectivity index (χ1v) is 8.87. The fraction of sp³-hybridized carbons (Fsp3) is 0.136. The normalized spacial score (nSPS) is 10.2. The number of nitrogens with zero attached hydrogens (tertiary/aromatic N) is 1. The molecule has 148 valence electrons. The fourth-order valence-electron chi connectivity index (χ4n) is 2.69. The van der Waals surface area contributed by atoms with Crippen molar-refractivity contribution >= 4 is 23.2 Å². The van der Waals surface area contributed by atoms with Crippen molar-refractivity contribution in [1.29, 1.82) is 0 Å². The van der Waals surface area contributed by atoms with Crippen molar-refractivity contribution in [3.63, 3.8) is 0 Å². The number of aryl methyl sites for hydroxylation is 1. The van der Waals surface area contributed by atoms with Crippen molar-refractivity contribution < 1.29 is 19.1 Å². The Balaban J connectivity index is 1.78. The maximum Gasteiger partial charge on any atom is 0.257 e. The van der Waals surface area contributed by atoms with Crippen molar-refractivity contribution in [1.82, 2.24) is 4.98 Å². The van der Waals surface area contributed by atoms with Crippen molar-refractivity contribution in [3.8, 4) is 11.5 Å². The summed E-state index contributed by atoms with van der Waals surface area (Å²) in [6.07, 6.45) is 2.81.